The number of imidazole rings is 1. The molecule has 0 spiro atoms. The SMILES string of the molecule is Cn1cncc1CN1CCN(c2ccc(C(=O)O)cc2)CC1. The molecule has 2 aromatic rings. The predicted octanol–water partition coefficient (Wildman–Crippen LogP) is 1.44. The van der Waals surface area contributed by atoms with E-state index in [4.69, 9.17) is 5.11 Å². The van der Waals surface area contributed by atoms with Crippen molar-refractivity contribution >= 4 is 11.7 Å². The minimum absolute atomic E-state index is 0.332. The van der Waals surface area contributed by atoms with Crippen molar-refractivity contribution in [1.82, 2.24) is 14.5 Å². The first-order chi connectivity index (χ1) is 10.6. The Morgan fingerprint density at radius 3 is 2.41 bits per heavy atom. The van der Waals surface area contributed by atoms with Crippen LogP contribution in [0.25, 0.3) is 0 Å². The quantitative estimate of drug-likeness (QED) is 0.926. The van der Waals surface area contributed by atoms with Crippen LogP contribution in [0.1, 0.15) is 16.1 Å². The number of piperazine rings is 1. The molecule has 1 aliphatic rings. The number of hydrogen-bond donors (Lipinski definition) is 1. The first-order valence-corrected chi connectivity index (χ1v) is 7.39. The van der Waals surface area contributed by atoms with E-state index in [0.29, 0.717) is 5.56 Å². The fourth-order valence-electron chi connectivity index (χ4n) is 2.75. The second-order valence-corrected chi connectivity index (χ2v) is 5.61. The summed E-state index contributed by atoms with van der Waals surface area (Å²) in [6, 6.07) is 7.11. The zero-order chi connectivity index (χ0) is 15.5. The van der Waals surface area contributed by atoms with E-state index in [-0.39, 0.29) is 0 Å². The Hall–Kier alpha value is -2.34. The van der Waals surface area contributed by atoms with E-state index in [1.54, 1.807) is 12.1 Å². The largest absolute Gasteiger partial charge is 0.478 e. The van der Waals surface area contributed by atoms with Crippen molar-refractivity contribution in [2.45, 2.75) is 6.54 Å². The molecule has 1 N–H and O–H groups in total. The zero-order valence-electron chi connectivity index (χ0n) is 12.6. The van der Waals surface area contributed by atoms with E-state index in [1.165, 1.54) is 5.69 Å². The van der Waals surface area contributed by atoms with Gasteiger partial charge in [0, 0.05) is 51.7 Å². The molecule has 0 atom stereocenters. The van der Waals surface area contributed by atoms with Gasteiger partial charge in [-0.3, -0.25) is 4.90 Å². The van der Waals surface area contributed by atoms with Crippen LogP contribution in [0.3, 0.4) is 0 Å². The van der Waals surface area contributed by atoms with Crippen molar-refractivity contribution in [3.8, 4) is 0 Å². The van der Waals surface area contributed by atoms with Crippen LogP contribution in [-0.4, -0.2) is 51.7 Å². The maximum absolute atomic E-state index is 10.9. The van der Waals surface area contributed by atoms with Gasteiger partial charge in [0.15, 0.2) is 0 Å². The second kappa shape index (κ2) is 6.19. The second-order valence-electron chi connectivity index (χ2n) is 5.61. The zero-order valence-corrected chi connectivity index (χ0v) is 12.6. The minimum Gasteiger partial charge on any atom is -0.478 e. The van der Waals surface area contributed by atoms with Crippen LogP contribution in [-0.2, 0) is 13.6 Å². The summed E-state index contributed by atoms with van der Waals surface area (Å²) in [5.74, 6) is -0.882. The van der Waals surface area contributed by atoms with Crippen molar-refractivity contribution in [2.75, 3.05) is 31.1 Å². The third-order valence-electron chi connectivity index (χ3n) is 4.15. The first kappa shape index (κ1) is 14.6. The number of anilines is 1. The van der Waals surface area contributed by atoms with Crippen LogP contribution in [0.15, 0.2) is 36.8 Å². The van der Waals surface area contributed by atoms with Crippen LogP contribution in [0.2, 0.25) is 0 Å². The summed E-state index contributed by atoms with van der Waals surface area (Å²) >= 11 is 0. The molecule has 0 unspecified atom stereocenters. The number of nitrogens with zero attached hydrogens (tertiary/aromatic N) is 4. The van der Waals surface area contributed by atoms with Gasteiger partial charge in [0.05, 0.1) is 17.6 Å². The average molecular weight is 300 g/mol. The van der Waals surface area contributed by atoms with Gasteiger partial charge in [-0.2, -0.15) is 0 Å². The van der Waals surface area contributed by atoms with Crippen LogP contribution in [0.5, 0.6) is 0 Å². The number of hydrogen-bond acceptors (Lipinski definition) is 4. The van der Waals surface area contributed by atoms with Gasteiger partial charge < -0.3 is 14.6 Å². The number of aromatic nitrogens is 2. The van der Waals surface area contributed by atoms with Crippen molar-refractivity contribution in [3.05, 3.63) is 48.0 Å². The highest BCUT2D eigenvalue weighted by Crippen LogP contribution is 2.18. The molecule has 0 saturated carbocycles. The van der Waals surface area contributed by atoms with Crippen LogP contribution >= 0.6 is 0 Å². The van der Waals surface area contributed by atoms with Gasteiger partial charge in [0.25, 0.3) is 0 Å². The number of carboxylic acids is 1. The third-order valence-corrected chi connectivity index (χ3v) is 4.15. The number of carboxylic acid groups (broad SMARTS) is 1. The lowest BCUT2D eigenvalue weighted by Crippen LogP contribution is -2.46. The fourth-order valence-corrected chi connectivity index (χ4v) is 2.75. The molecule has 0 amide bonds. The van der Waals surface area contributed by atoms with Crippen molar-refractivity contribution in [1.29, 1.82) is 0 Å². The molecule has 6 nitrogen and oxygen atoms in total. The van der Waals surface area contributed by atoms with E-state index in [2.05, 4.69) is 19.4 Å². The van der Waals surface area contributed by atoms with Crippen molar-refractivity contribution < 1.29 is 9.90 Å². The van der Waals surface area contributed by atoms with E-state index in [0.717, 1.165) is 38.4 Å². The molecule has 0 radical (unpaired) electrons. The summed E-state index contributed by atoms with van der Waals surface area (Å²) in [7, 11) is 2.02. The molecule has 1 fully saturated rings. The molecule has 6 heteroatoms. The lowest BCUT2D eigenvalue weighted by Gasteiger charge is -2.36. The highest BCUT2D eigenvalue weighted by Gasteiger charge is 2.18. The Kier molecular flexibility index (Phi) is 4.11. The smallest absolute Gasteiger partial charge is 0.335 e. The Balaban J connectivity index is 1.57. The van der Waals surface area contributed by atoms with Crippen LogP contribution < -0.4 is 4.90 Å². The number of aromatic carboxylic acids is 1. The number of carbonyl (C=O) groups is 1. The third kappa shape index (κ3) is 3.12. The lowest BCUT2D eigenvalue weighted by molar-refractivity contribution is 0.0697. The summed E-state index contributed by atoms with van der Waals surface area (Å²) < 4.78 is 2.05. The van der Waals surface area contributed by atoms with Gasteiger partial charge in [-0.05, 0) is 24.3 Å². The Morgan fingerprint density at radius 2 is 1.86 bits per heavy atom. The average Bonchev–Trinajstić information content (AvgIpc) is 2.93. The van der Waals surface area contributed by atoms with Crippen molar-refractivity contribution in [3.63, 3.8) is 0 Å². The normalized spacial score (nSPS) is 16.0. The molecule has 1 aliphatic heterocycles. The Labute approximate surface area is 129 Å². The molecule has 22 heavy (non-hydrogen) atoms. The summed E-state index contributed by atoms with van der Waals surface area (Å²) in [5, 5.41) is 8.94. The van der Waals surface area contributed by atoms with Crippen LogP contribution in [0.4, 0.5) is 5.69 Å². The molecule has 1 saturated heterocycles. The molecule has 0 aliphatic carbocycles. The molecule has 0 bridgehead atoms. The topological polar surface area (TPSA) is 61.6 Å². The lowest BCUT2D eigenvalue weighted by atomic mass is 10.2. The Morgan fingerprint density at radius 1 is 1.18 bits per heavy atom. The minimum atomic E-state index is -0.882. The predicted molar refractivity (Wildman–Crippen MR) is 84.1 cm³/mol. The summed E-state index contributed by atoms with van der Waals surface area (Å²) in [6.45, 7) is 4.80. The van der Waals surface area contributed by atoms with Gasteiger partial charge in [-0.1, -0.05) is 0 Å². The molecule has 2 heterocycles. The summed E-state index contributed by atoms with van der Waals surface area (Å²) in [5.41, 5.74) is 2.64. The van der Waals surface area contributed by atoms with E-state index >= 15 is 0 Å². The van der Waals surface area contributed by atoms with Gasteiger partial charge in [-0.15, -0.1) is 0 Å². The van der Waals surface area contributed by atoms with E-state index < -0.39 is 5.97 Å². The van der Waals surface area contributed by atoms with Crippen molar-refractivity contribution in [2.24, 2.45) is 7.05 Å². The molecule has 1 aromatic carbocycles. The number of benzene rings is 1. The standard InChI is InChI=1S/C16H20N4O2/c1-18-12-17-10-15(18)11-19-6-8-20(9-7-19)14-4-2-13(3-5-14)16(21)22/h2-5,10,12H,6-9,11H2,1H3,(H,21,22). The first-order valence-electron chi connectivity index (χ1n) is 7.39. The van der Waals surface area contributed by atoms with E-state index in [1.807, 2.05) is 31.7 Å². The molecule has 3 rings (SSSR count). The van der Waals surface area contributed by atoms with Gasteiger partial charge in [-0.25, -0.2) is 9.78 Å². The van der Waals surface area contributed by atoms with E-state index in [9.17, 15) is 4.79 Å². The monoisotopic (exact) mass is 300 g/mol. The summed E-state index contributed by atoms with van der Waals surface area (Å²) in [4.78, 5) is 19.7. The molecular formula is C16H20N4O2. The van der Waals surface area contributed by atoms with Gasteiger partial charge in [0.1, 0.15) is 0 Å². The summed E-state index contributed by atoms with van der Waals surface area (Å²) in [6.07, 6.45) is 3.74. The highest BCUT2D eigenvalue weighted by molar-refractivity contribution is 5.88. The molecular weight excluding hydrogens is 280 g/mol. The van der Waals surface area contributed by atoms with Gasteiger partial charge in [0.2, 0.25) is 0 Å². The number of rotatable bonds is 4. The maximum Gasteiger partial charge on any atom is 0.335 e. The number of aryl methyl sites for hydroxylation is 1. The molecule has 116 valence electrons. The van der Waals surface area contributed by atoms with Crippen LogP contribution in [0, 0.1) is 0 Å². The maximum atomic E-state index is 10.9. The highest BCUT2D eigenvalue weighted by atomic mass is 16.4. The molecule has 1 aromatic heterocycles. The van der Waals surface area contributed by atoms with Gasteiger partial charge >= 0.3 is 5.97 Å². The Bertz CT molecular complexity index is 642. The fraction of sp³-hybridized carbons (Fsp3) is 0.375.